The maximum Gasteiger partial charge on any atom is 0.240 e. The van der Waals surface area contributed by atoms with Gasteiger partial charge >= 0.3 is 0 Å². The summed E-state index contributed by atoms with van der Waals surface area (Å²) in [5.74, 6) is 0.404. The van der Waals surface area contributed by atoms with Gasteiger partial charge in [0.2, 0.25) is 17.7 Å². The van der Waals surface area contributed by atoms with Gasteiger partial charge in [0.1, 0.15) is 5.75 Å². The number of rotatable bonds is 9. The van der Waals surface area contributed by atoms with Crippen molar-refractivity contribution in [2.75, 3.05) is 37.4 Å². The number of anilines is 2. The van der Waals surface area contributed by atoms with Gasteiger partial charge in [0.25, 0.3) is 0 Å². The molecule has 0 radical (unpaired) electrons. The predicted molar refractivity (Wildman–Crippen MR) is 112 cm³/mol. The molecule has 1 aromatic heterocycles. The number of hydrogen-bond donors (Lipinski definition) is 2. The molecule has 0 aliphatic heterocycles. The van der Waals surface area contributed by atoms with Gasteiger partial charge in [0.05, 0.1) is 31.6 Å². The average Bonchev–Trinajstić information content (AvgIpc) is 3.11. The number of aromatic nitrogens is 1. The Morgan fingerprint density at radius 2 is 1.79 bits per heavy atom. The number of carbonyl (C=O) groups excluding carboxylic acids is 2. The zero-order valence-electron chi connectivity index (χ0n) is 17.7. The van der Waals surface area contributed by atoms with Crippen molar-refractivity contribution in [1.29, 1.82) is 0 Å². The molecule has 0 aliphatic rings. The predicted octanol–water partition coefficient (Wildman–Crippen LogP) is 3.27. The Morgan fingerprint density at radius 3 is 2.38 bits per heavy atom. The highest BCUT2D eigenvalue weighted by atomic mass is 16.5. The van der Waals surface area contributed by atoms with E-state index in [1.165, 1.54) is 0 Å². The second kappa shape index (κ2) is 10.1. The van der Waals surface area contributed by atoms with Crippen molar-refractivity contribution in [1.82, 2.24) is 10.1 Å². The van der Waals surface area contributed by atoms with Gasteiger partial charge in [-0.05, 0) is 25.1 Å². The van der Waals surface area contributed by atoms with Gasteiger partial charge in [0, 0.05) is 11.5 Å². The Kier molecular flexibility index (Phi) is 7.78. The SMILES string of the molecule is CCCN(CC(=O)Nc1cc(C(C)(C)C)no1)CC(=O)Nc1ccccc1OC. The average molecular weight is 402 g/mol. The van der Waals surface area contributed by atoms with Gasteiger partial charge in [-0.15, -0.1) is 0 Å². The normalized spacial score (nSPS) is 11.4. The number of nitrogens with one attached hydrogen (secondary N) is 2. The zero-order valence-corrected chi connectivity index (χ0v) is 17.7. The standard InChI is InChI=1S/C21H30N4O4/c1-6-11-25(13-18(26)22-15-9-7-8-10-16(15)28-5)14-19(27)23-20-12-17(24-29-20)21(2,3)4/h7-10,12H,6,11,13-14H2,1-5H3,(H,22,26)(H,23,27). The second-order valence-corrected chi connectivity index (χ2v) is 7.83. The van der Waals surface area contributed by atoms with Crippen LogP contribution in [0.5, 0.6) is 5.75 Å². The lowest BCUT2D eigenvalue weighted by molar-refractivity contribution is -0.120. The van der Waals surface area contributed by atoms with E-state index in [0.29, 0.717) is 23.9 Å². The fourth-order valence-electron chi connectivity index (χ4n) is 2.74. The van der Waals surface area contributed by atoms with E-state index >= 15 is 0 Å². The van der Waals surface area contributed by atoms with Gasteiger partial charge in [-0.1, -0.05) is 45.0 Å². The lowest BCUT2D eigenvalue weighted by Crippen LogP contribution is -2.39. The minimum Gasteiger partial charge on any atom is -0.495 e. The van der Waals surface area contributed by atoms with Crippen molar-refractivity contribution < 1.29 is 18.8 Å². The summed E-state index contributed by atoms with van der Waals surface area (Å²) in [5.41, 5.74) is 1.18. The summed E-state index contributed by atoms with van der Waals surface area (Å²) in [5, 5.41) is 9.52. The number of nitrogens with zero attached hydrogens (tertiary/aromatic N) is 2. The van der Waals surface area contributed by atoms with Crippen LogP contribution in [0.15, 0.2) is 34.9 Å². The maximum absolute atomic E-state index is 12.5. The molecule has 2 aromatic rings. The highest BCUT2D eigenvalue weighted by Gasteiger charge is 2.21. The van der Waals surface area contributed by atoms with E-state index in [1.54, 1.807) is 30.2 Å². The summed E-state index contributed by atoms with van der Waals surface area (Å²) in [6.07, 6.45) is 0.811. The van der Waals surface area contributed by atoms with Crippen molar-refractivity contribution in [3.63, 3.8) is 0 Å². The number of ether oxygens (including phenoxy) is 1. The van der Waals surface area contributed by atoms with E-state index in [-0.39, 0.29) is 30.3 Å². The smallest absolute Gasteiger partial charge is 0.240 e. The third kappa shape index (κ3) is 6.90. The lowest BCUT2D eigenvalue weighted by Gasteiger charge is -2.20. The van der Waals surface area contributed by atoms with Crippen LogP contribution >= 0.6 is 0 Å². The molecule has 2 N–H and O–H groups in total. The topological polar surface area (TPSA) is 96.7 Å². The quantitative estimate of drug-likeness (QED) is 0.668. The molecule has 29 heavy (non-hydrogen) atoms. The molecule has 0 aliphatic carbocycles. The summed E-state index contributed by atoms with van der Waals surface area (Å²) in [6.45, 7) is 8.80. The number of carbonyl (C=O) groups is 2. The monoisotopic (exact) mass is 402 g/mol. The van der Waals surface area contributed by atoms with Crippen LogP contribution in [-0.2, 0) is 15.0 Å². The summed E-state index contributed by atoms with van der Waals surface area (Å²) in [7, 11) is 1.55. The van der Waals surface area contributed by atoms with Gasteiger partial charge in [-0.3, -0.25) is 19.8 Å². The van der Waals surface area contributed by atoms with E-state index in [1.807, 2.05) is 39.8 Å². The molecule has 1 heterocycles. The third-order valence-electron chi connectivity index (χ3n) is 4.20. The van der Waals surface area contributed by atoms with Crippen LogP contribution in [0.2, 0.25) is 0 Å². The first-order valence-corrected chi connectivity index (χ1v) is 9.65. The molecular weight excluding hydrogens is 372 g/mol. The van der Waals surface area contributed by atoms with Gasteiger partial charge in [-0.2, -0.15) is 0 Å². The summed E-state index contributed by atoms with van der Waals surface area (Å²) in [4.78, 5) is 26.6. The molecule has 2 amide bonds. The molecule has 0 fully saturated rings. The van der Waals surface area contributed by atoms with E-state index < -0.39 is 0 Å². The van der Waals surface area contributed by atoms with Crippen LogP contribution in [0.25, 0.3) is 0 Å². The molecule has 0 spiro atoms. The molecule has 0 atom stereocenters. The molecule has 0 unspecified atom stereocenters. The largest absolute Gasteiger partial charge is 0.495 e. The van der Waals surface area contributed by atoms with Crippen LogP contribution in [0, 0.1) is 0 Å². The minimum atomic E-state index is -0.264. The van der Waals surface area contributed by atoms with Crippen molar-refractivity contribution in [2.45, 2.75) is 39.5 Å². The molecule has 1 aromatic carbocycles. The number of amides is 2. The first-order chi connectivity index (χ1) is 13.7. The molecular formula is C21H30N4O4. The number of hydrogen-bond acceptors (Lipinski definition) is 6. The van der Waals surface area contributed by atoms with Crippen molar-refractivity contribution >= 4 is 23.4 Å². The van der Waals surface area contributed by atoms with Crippen molar-refractivity contribution in [3.05, 3.63) is 36.0 Å². The Bertz CT molecular complexity index is 826. The van der Waals surface area contributed by atoms with Gasteiger partial charge in [0.15, 0.2) is 0 Å². The van der Waals surface area contributed by atoms with Crippen LogP contribution < -0.4 is 15.4 Å². The first kappa shape index (κ1) is 22.4. The first-order valence-electron chi connectivity index (χ1n) is 9.65. The molecule has 2 rings (SSSR count). The minimum absolute atomic E-state index is 0.0682. The van der Waals surface area contributed by atoms with E-state index in [2.05, 4.69) is 15.8 Å². The van der Waals surface area contributed by atoms with Gasteiger partial charge in [-0.25, -0.2) is 0 Å². The Balaban J connectivity index is 1.94. The molecule has 8 nitrogen and oxygen atoms in total. The van der Waals surface area contributed by atoms with Crippen LogP contribution in [0.1, 0.15) is 39.8 Å². The lowest BCUT2D eigenvalue weighted by atomic mass is 9.92. The highest BCUT2D eigenvalue weighted by molar-refractivity contribution is 5.95. The van der Waals surface area contributed by atoms with Crippen molar-refractivity contribution in [2.24, 2.45) is 0 Å². The fraction of sp³-hybridized carbons (Fsp3) is 0.476. The summed E-state index contributed by atoms with van der Waals surface area (Å²) in [6, 6.07) is 8.91. The third-order valence-corrected chi connectivity index (χ3v) is 4.20. The molecule has 0 saturated carbocycles. The van der Waals surface area contributed by atoms with Crippen molar-refractivity contribution in [3.8, 4) is 5.75 Å². The van der Waals surface area contributed by atoms with Gasteiger partial charge < -0.3 is 14.6 Å². The van der Waals surface area contributed by atoms with E-state index in [9.17, 15) is 9.59 Å². The maximum atomic E-state index is 12.5. The summed E-state index contributed by atoms with van der Waals surface area (Å²) < 4.78 is 10.4. The van der Waals surface area contributed by atoms with E-state index in [4.69, 9.17) is 9.26 Å². The number of para-hydroxylation sites is 2. The Labute approximate surface area is 171 Å². The van der Waals surface area contributed by atoms with Crippen LogP contribution in [-0.4, -0.2) is 48.6 Å². The molecule has 0 saturated heterocycles. The molecule has 158 valence electrons. The Morgan fingerprint density at radius 1 is 1.14 bits per heavy atom. The Hall–Kier alpha value is -2.87. The number of methoxy groups -OCH3 is 1. The second-order valence-electron chi connectivity index (χ2n) is 7.83. The fourth-order valence-corrected chi connectivity index (χ4v) is 2.74. The number of benzene rings is 1. The summed E-state index contributed by atoms with van der Waals surface area (Å²) >= 11 is 0. The highest BCUT2D eigenvalue weighted by Crippen LogP contribution is 2.24. The van der Waals surface area contributed by atoms with Crippen LogP contribution in [0.4, 0.5) is 11.6 Å². The van der Waals surface area contributed by atoms with Crippen LogP contribution in [0.3, 0.4) is 0 Å². The molecule has 0 bridgehead atoms. The molecule has 8 heteroatoms. The zero-order chi connectivity index (χ0) is 21.4. The van der Waals surface area contributed by atoms with E-state index in [0.717, 1.165) is 12.1 Å².